The second-order valence-corrected chi connectivity index (χ2v) is 5.82. The van der Waals surface area contributed by atoms with Crippen LogP contribution in [0.4, 0.5) is 0 Å². The summed E-state index contributed by atoms with van der Waals surface area (Å²) in [6.45, 7) is 4.33. The topological polar surface area (TPSA) is 38.0 Å². The fourth-order valence-electron chi connectivity index (χ4n) is 3.18. The van der Waals surface area contributed by atoms with Crippen LogP contribution in [0.5, 0.6) is 0 Å². The maximum absolute atomic E-state index is 5.79. The first-order valence-corrected chi connectivity index (χ1v) is 7.24. The van der Waals surface area contributed by atoms with E-state index in [1.165, 1.54) is 55.2 Å². The molecule has 1 unspecified atom stereocenters. The van der Waals surface area contributed by atoms with Crippen molar-refractivity contribution in [1.82, 2.24) is 5.43 Å². The van der Waals surface area contributed by atoms with Gasteiger partial charge in [-0.25, -0.2) is 0 Å². The van der Waals surface area contributed by atoms with Crippen LogP contribution < -0.4 is 11.3 Å². The Kier molecular flexibility index (Phi) is 4.79. The molecular weight excluding hydrogens is 220 g/mol. The molecule has 0 amide bonds. The van der Waals surface area contributed by atoms with Crippen LogP contribution in [0.3, 0.4) is 0 Å². The Labute approximate surface area is 111 Å². The lowest BCUT2D eigenvalue weighted by atomic mass is 9.82. The van der Waals surface area contributed by atoms with Crippen LogP contribution in [-0.2, 0) is 0 Å². The van der Waals surface area contributed by atoms with Crippen LogP contribution in [0.1, 0.15) is 61.3 Å². The molecule has 0 spiro atoms. The first-order valence-electron chi connectivity index (χ1n) is 7.24. The SMILES string of the molecule is Cc1ccc(C)c(C(CC2CCCCC2)NN)c1. The number of nitrogens with one attached hydrogen (secondary N) is 1. The Balaban J connectivity index is 2.09. The van der Waals surface area contributed by atoms with Crippen molar-refractivity contribution in [3.63, 3.8) is 0 Å². The second kappa shape index (κ2) is 6.35. The van der Waals surface area contributed by atoms with Crippen molar-refractivity contribution in [3.8, 4) is 0 Å². The van der Waals surface area contributed by atoms with Crippen LogP contribution in [0.2, 0.25) is 0 Å². The van der Waals surface area contributed by atoms with Crippen LogP contribution in [0.15, 0.2) is 18.2 Å². The van der Waals surface area contributed by atoms with E-state index in [2.05, 4.69) is 37.5 Å². The first kappa shape index (κ1) is 13.6. The molecule has 3 N–H and O–H groups in total. The lowest BCUT2D eigenvalue weighted by molar-refractivity contribution is 0.300. The maximum atomic E-state index is 5.79. The summed E-state index contributed by atoms with van der Waals surface area (Å²) in [5, 5.41) is 0. The molecule has 0 saturated heterocycles. The van der Waals surface area contributed by atoms with Gasteiger partial charge >= 0.3 is 0 Å². The smallest absolute Gasteiger partial charge is 0.0465 e. The highest BCUT2D eigenvalue weighted by Gasteiger charge is 2.20. The van der Waals surface area contributed by atoms with Crippen LogP contribution in [0.25, 0.3) is 0 Å². The van der Waals surface area contributed by atoms with Crippen LogP contribution >= 0.6 is 0 Å². The van der Waals surface area contributed by atoms with Crippen molar-refractivity contribution in [2.24, 2.45) is 11.8 Å². The number of rotatable bonds is 4. The van der Waals surface area contributed by atoms with Gasteiger partial charge in [-0.05, 0) is 37.3 Å². The molecule has 1 aliphatic carbocycles. The van der Waals surface area contributed by atoms with Crippen molar-refractivity contribution in [3.05, 3.63) is 34.9 Å². The van der Waals surface area contributed by atoms with Gasteiger partial charge in [-0.2, -0.15) is 0 Å². The van der Waals surface area contributed by atoms with Gasteiger partial charge in [0.05, 0.1) is 0 Å². The summed E-state index contributed by atoms with van der Waals surface area (Å²) in [7, 11) is 0. The van der Waals surface area contributed by atoms with Crippen molar-refractivity contribution >= 4 is 0 Å². The monoisotopic (exact) mass is 246 g/mol. The Morgan fingerprint density at radius 2 is 1.94 bits per heavy atom. The average molecular weight is 246 g/mol. The van der Waals surface area contributed by atoms with E-state index >= 15 is 0 Å². The minimum Gasteiger partial charge on any atom is -0.271 e. The number of benzene rings is 1. The standard InChI is InChI=1S/C16H26N2/c1-12-8-9-13(2)15(10-12)16(18-17)11-14-6-4-3-5-7-14/h8-10,14,16,18H,3-7,11,17H2,1-2H3. The molecular formula is C16H26N2. The average Bonchev–Trinajstić information content (AvgIpc) is 2.40. The summed E-state index contributed by atoms with van der Waals surface area (Å²) in [6, 6.07) is 6.97. The molecule has 1 fully saturated rings. The molecule has 1 aromatic rings. The zero-order valence-corrected chi connectivity index (χ0v) is 11.7. The molecule has 18 heavy (non-hydrogen) atoms. The first-order chi connectivity index (χ1) is 8.70. The molecule has 0 aromatic heterocycles. The summed E-state index contributed by atoms with van der Waals surface area (Å²) in [4.78, 5) is 0. The van der Waals surface area contributed by atoms with E-state index in [1.54, 1.807) is 0 Å². The van der Waals surface area contributed by atoms with Crippen molar-refractivity contribution in [2.75, 3.05) is 0 Å². The third-order valence-electron chi connectivity index (χ3n) is 4.31. The fourth-order valence-corrected chi connectivity index (χ4v) is 3.18. The lowest BCUT2D eigenvalue weighted by Crippen LogP contribution is -2.30. The number of aryl methyl sites for hydroxylation is 2. The van der Waals surface area contributed by atoms with Gasteiger partial charge < -0.3 is 0 Å². The zero-order valence-electron chi connectivity index (χ0n) is 11.7. The number of hydrogen-bond donors (Lipinski definition) is 2. The van der Waals surface area contributed by atoms with Gasteiger partial charge in [0.25, 0.3) is 0 Å². The largest absolute Gasteiger partial charge is 0.271 e. The molecule has 2 rings (SSSR count). The third kappa shape index (κ3) is 3.33. The molecule has 1 saturated carbocycles. The number of nitrogens with two attached hydrogens (primary N) is 1. The molecule has 0 heterocycles. The summed E-state index contributed by atoms with van der Waals surface area (Å²) in [6.07, 6.45) is 8.15. The summed E-state index contributed by atoms with van der Waals surface area (Å²) >= 11 is 0. The molecule has 1 aliphatic rings. The van der Waals surface area contributed by atoms with Crippen molar-refractivity contribution in [2.45, 2.75) is 58.4 Å². The predicted octanol–water partition coefficient (Wildman–Crippen LogP) is 3.78. The van der Waals surface area contributed by atoms with E-state index in [1.807, 2.05) is 0 Å². The van der Waals surface area contributed by atoms with Crippen LogP contribution in [-0.4, -0.2) is 0 Å². The minimum absolute atomic E-state index is 0.313. The summed E-state index contributed by atoms with van der Waals surface area (Å²) in [5.74, 6) is 6.64. The molecule has 0 aliphatic heterocycles. The predicted molar refractivity (Wildman–Crippen MR) is 77.2 cm³/mol. The van der Waals surface area contributed by atoms with Crippen LogP contribution in [0, 0.1) is 19.8 Å². The van der Waals surface area contributed by atoms with E-state index in [9.17, 15) is 0 Å². The number of hydrazine groups is 1. The van der Waals surface area contributed by atoms with E-state index in [-0.39, 0.29) is 0 Å². The molecule has 1 aromatic carbocycles. The Morgan fingerprint density at radius 3 is 2.61 bits per heavy atom. The van der Waals surface area contributed by atoms with Crippen molar-refractivity contribution in [1.29, 1.82) is 0 Å². The van der Waals surface area contributed by atoms with Gasteiger partial charge in [0, 0.05) is 6.04 Å². The quantitative estimate of drug-likeness (QED) is 0.627. The highest BCUT2D eigenvalue weighted by molar-refractivity contribution is 5.33. The van der Waals surface area contributed by atoms with E-state index in [0.717, 1.165) is 5.92 Å². The Morgan fingerprint density at radius 1 is 1.22 bits per heavy atom. The van der Waals surface area contributed by atoms with Gasteiger partial charge in [0.1, 0.15) is 0 Å². The highest BCUT2D eigenvalue weighted by atomic mass is 15.2. The maximum Gasteiger partial charge on any atom is 0.0465 e. The molecule has 100 valence electrons. The molecule has 0 radical (unpaired) electrons. The fraction of sp³-hybridized carbons (Fsp3) is 0.625. The van der Waals surface area contributed by atoms with Crippen molar-refractivity contribution < 1.29 is 0 Å². The second-order valence-electron chi connectivity index (χ2n) is 5.82. The highest BCUT2D eigenvalue weighted by Crippen LogP contribution is 2.32. The van der Waals surface area contributed by atoms with E-state index < -0.39 is 0 Å². The molecule has 2 heteroatoms. The van der Waals surface area contributed by atoms with Gasteiger partial charge in [0.15, 0.2) is 0 Å². The molecule has 1 atom stereocenters. The lowest BCUT2D eigenvalue weighted by Gasteiger charge is -2.27. The molecule has 0 bridgehead atoms. The van der Waals surface area contributed by atoms with Gasteiger partial charge in [-0.1, -0.05) is 55.9 Å². The number of hydrogen-bond acceptors (Lipinski definition) is 2. The molecule has 2 nitrogen and oxygen atoms in total. The summed E-state index contributed by atoms with van der Waals surface area (Å²) in [5.41, 5.74) is 7.08. The van der Waals surface area contributed by atoms with E-state index in [0.29, 0.717) is 6.04 Å². The van der Waals surface area contributed by atoms with Gasteiger partial charge in [0.2, 0.25) is 0 Å². The third-order valence-corrected chi connectivity index (χ3v) is 4.31. The minimum atomic E-state index is 0.313. The summed E-state index contributed by atoms with van der Waals surface area (Å²) < 4.78 is 0. The Bertz CT molecular complexity index is 381. The van der Waals surface area contributed by atoms with E-state index in [4.69, 9.17) is 5.84 Å². The Hall–Kier alpha value is -0.860. The normalized spacial score (nSPS) is 18.8. The van der Waals surface area contributed by atoms with Gasteiger partial charge in [-0.3, -0.25) is 11.3 Å². The van der Waals surface area contributed by atoms with Gasteiger partial charge in [-0.15, -0.1) is 0 Å². The zero-order chi connectivity index (χ0) is 13.0.